The molecule has 2 heterocycles. The van der Waals surface area contributed by atoms with E-state index in [0.717, 1.165) is 23.3 Å². The van der Waals surface area contributed by atoms with E-state index in [4.69, 9.17) is 0 Å². The number of piperidine rings is 1. The molecule has 1 aromatic heterocycles. The number of aliphatic carboxylic acids is 1. The number of carbonyl (C=O) groups is 2. The molecule has 136 valence electrons. The van der Waals surface area contributed by atoms with Crippen molar-refractivity contribution in [3.8, 4) is 0 Å². The van der Waals surface area contributed by atoms with Crippen LogP contribution in [0.15, 0.2) is 36.4 Å². The third-order valence-corrected chi connectivity index (χ3v) is 7.07. The van der Waals surface area contributed by atoms with Crippen LogP contribution in [0.4, 0.5) is 0 Å². The number of hydrogen-bond donors (Lipinski definition) is 1. The van der Waals surface area contributed by atoms with Crippen LogP contribution in [0.2, 0.25) is 0 Å². The first-order valence-corrected chi connectivity index (χ1v) is 10.1. The Balaban J connectivity index is 1.51. The van der Waals surface area contributed by atoms with Crippen molar-refractivity contribution in [1.82, 2.24) is 4.90 Å². The van der Waals surface area contributed by atoms with Crippen LogP contribution in [0.25, 0.3) is 0 Å². The van der Waals surface area contributed by atoms with Gasteiger partial charge in [-0.1, -0.05) is 30.3 Å². The van der Waals surface area contributed by atoms with Crippen LogP contribution in [0, 0.1) is 0 Å². The minimum Gasteiger partial charge on any atom is -0.481 e. The maximum absolute atomic E-state index is 12.9. The first-order valence-electron chi connectivity index (χ1n) is 9.30. The highest BCUT2D eigenvalue weighted by Gasteiger charge is 2.44. The predicted molar refractivity (Wildman–Crippen MR) is 102 cm³/mol. The average molecular weight is 369 g/mol. The van der Waals surface area contributed by atoms with Gasteiger partial charge in [0.25, 0.3) is 5.91 Å². The Morgan fingerprint density at radius 3 is 2.38 bits per heavy atom. The van der Waals surface area contributed by atoms with Gasteiger partial charge in [0.2, 0.25) is 0 Å². The van der Waals surface area contributed by atoms with Gasteiger partial charge in [-0.15, -0.1) is 11.3 Å². The molecule has 4 rings (SSSR count). The fourth-order valence-electron chi connectivity index (χ4n) is 4.23. The standard InChI is InChI=1S/C21H23NO3S/c23-19(18-14-15-6-4-5-9-17(15)26-18)22-12-10-21(11-13-22,20(24)25)16-7-2-1-3-8-16/h1-3,7-8,14H,4-6,9-13H2,(H,24,25). The van der Waals surface area contributed by atoms with Crippen molar-refractivity contribution in [2.24, 2.45) is 0 Å². The molecular weight excluding hydrogens is 346 g/mol. The summed E-state index contributed by atoms with van der Waals surface area (Å²) in [6, 6.07) is 11.5. The molecule has 0 radical (unpaired) electrons. The Hall–Kier alpha value is -2.14. The molecule has 1 aliphatic heterocycles. The van der Waals surface area contributed by atoms with Gasteiger partial charge in [0.05, 0.1) is 10.3 Å². The number of likely N-dealkylation sites (tertiary alicyclic amines) is 1. The quantitative estimate of drug-likeness (QED) is 0.893. The van der Waals surface area contributed by atoms with E-state index in [9.17, 15) is 14.7 Å². The number of rotatable bonds is 3. The van der Waals surface area contributed by atoms with E-state index >= 15 is 0 Å². The minimum absolute atomic E-state index is 0.0662. The summed E-state index contributed by atoms with van der Waals surface area (Å²) in [7, 11) is 0. The molecule has 0 unspecified atom stereocenters. The van der Waals surface area contributed by atoms with Gasteiger partial charge in [-0.25, -0.2) is 0 Å². The van der Waals surface area contributed by atoms with Gasteiger partial charge in [0.1, 0.15) is 0 Å². The monoisotopic (exact) mass is 369 g/mol. The van der Waals surface area contributed by atoms with Crippen LogP contribution in [0.5, 0.6) is 0 Å². The molecule has 1 saturated heterocycles. The van der Waals surface area contributed by atoms with E-state index in [0.29, 0.717) is 25.9 Å². The van der Waals surface area contributed by atoms with E-state index in [1.54, 1.807) is 11.3 Å². The zero-order valence-corrected chi connectivity index (χ0v) is 15.6. The summed E-state index contributed by atoms with van der Waals surface area (Å²) >= 11 is 1.63. The molecule has 5 heteroatoms. The van der Waals surface area contributed by atoms with Crippen LogP contribution >= 0.6 is 11.3 Å². The highest BCUT2D eigenvalue weighted by Crippen LogP contribution is 2.37. The number of aryl methyl sites for hydroxylation is 2. The van der Waals surface area contributed by atoms with E-state index in [2.05, 4.69) is 6.07 Å². The van der Waals surface area contributed by atoms with Gasteiger partial charge in [-0.05, 0) is 55.7 Å². The number of benzene rings is 1. The molecule has 1 amide bonds. The number of nitrogens with zero attached hydrogens (tertiary/aromatic N) is 1. The minimum atomic E-state index is -0.882. The van der Waals surface area contributed by atoms with Crippen molar-refractivity contribution in [2.75, 3.05) is 13.1 Å². The highest BCUT2D eigenvalue weighted by molar-refractivity contribution is 7.14. The molecule has 4 nitrogen and oxygen atoms in total. The number of carboxylic acids is 1. The van der Waals surface area contributed by atoms with E-state index in [-0.39, 0.29) is 5.91 Å². The summed E-state index contributed by atoms with van der Waals surface area (Å²) in [4.78, 5) is 29.0. The molecule has 2 aliphatic rings. The zero-order chi connectivity index (χ0) is 18.1. The van der Waals surface area contributed by atoms with Crippen molar-refractivity contribution in [1.29, 1.82) is 0 Å². The number of hydrogen-bond acceptors (Lipinski definition) is 3. The molecule has 0 bridgehead atoms. The molecule has 1 fully saturated rings. The average Bonchev–Trinajstić information content (AvgIpc) is 3.12. The van der Waals surface area contributed by atoms with Crippen LogP contribution in [0.1, 0.15) is 51.4 Å². The SMILES string of the molecule is O=C(c1cc2c(s1)CCCC2)N1CCC(C(=O)O)(c2ccccc2)CC1. The van der Waals surface area contributed by atoms with Gasteiger partial charge < -0.3 is 10.0 Å². The lowest BCUT2D eigenvalue weighted by atomic mass is 9.73. The first-order chi connectivity index (χ1) is 12.6. The van der Waals surface area contributed by atoms with Crippen molar-refractivity contribution in [3.05, 3.63) is 57.3 Å². The van der Waals surface area contributed by atoms with Crippen LogP contribution in [-0.2, 0) is 23.1 Å². The molecular formula is C21H23NO3S. The third-order valence-electron chi connectivity index (χ3n) is 5.85. The predicted octanol–water partition coefficient (Wildman–Crippen LogP) is 3.89. The number of amides is 1. The van der Waals surface area contributed by atoms with Crippen molar-refractivity contribution in [2.45, 2.75) is 43.9 Å². The normalized spacial score (nSPS) is 19.0. The number of thiophene rings is 1. The smallest absolute Gasteiger partial charge is 0.314 e. The molecule has 1 N–H and O–H groups in total. The first kappa shape index (κ1) is 17.3. The topological polar surface area (TPSA) is 57.6 Å². The van der Waals surface area contributed by atoms with Crippen LogP contribution in [0.3, 0.4) is 0 Å². The third kappa shape index (κ3) is 2.94. The highest BCUT2D eigenvalue weighted by atomic mass is 32.1. The van der Waals surface area contributed by atoms with Gasteiger partial charge >= 0.3 is 5.97 Å². The second-order valence-corrected chi connectivity index (χ2v) is 8.45. The molecule has 0 spiro atoms. The molecule has 0 atom stereocenters. The lowest BCUT2D eigenvalue weighted by molar-refractivity contribution is -0.145. The molecule has 26 heavy (non-hydrogen) atoms. The Bertz CT molecular complexity index is 796. The Kier molecular flexibility index (Phi) is 4.57. The summed E-state index contributed by atoms with van der Waals surface area (Å²) in [5.41, 5.74) is 1.30. The van der Waals surface area contributed by atoms with Gasteiger partial charge in [-0.3, -0.25) is 9.59 Å². The van der Waals surface area contributed by atoms with E-state index in [1.165, 1.54) is 23.3 Å². The summed E-state index contributed by atoms with van der Waals surface area (Å²) in [6.45, 7) is 0.977. The second-order valence-electron chi connectivity index (χ2n) is 7.31. The van der Waals surface area contributed by atoms with E-state index < -0.39 is 11.4 Å². The maximum atomic E-state index is 12.9. The Morgan fingerprint density at radius 2 is 1.73 bits per heavy atom. The fraction of sp³-hybridized carbons (Fsp3) is 0.429. The number of carbonyl (C=O) groups excluding carboxylic acids is 1. The zero-order valence-electron chi connectivity index (χ0n) is 14.7. The molecule has 0 saturated carbocycles. The maximum Gasteiger partial charge on any atom is 0.314 e. The second kappa shape index (κ2) is 6.88. The molecule has 1 aromatic carbocycles. The van der Waals surface area contributed by atoms with E-state index in [1.807, 2.05) is 35.2 Å². The Morgan fingerprint density at radius 1 is 1.04 bits per heavy atom. The lowest BCUT2D eigenvalue weighted by Crippen LogP contribution is -2.49. The summed E-state index contributed by atoms with van der Waals surface area (Å²) < 4.78 is 0. The Labute approximate surface area is 157 Å². The summed E-state index contributed by atoms with van der Waals surface area (Å²) in [6.07, 6.45) is 5.51. The van der Waals surface area contributed by atoms with Crippen LogP contribution < -0.4 is 0 Å². The molecule has 2 aromatic rings. The number of carboxylic acid groups (broad SMARTS) is 1. The van der Waals surface area contributed by atoms with Gasteiger partial charge in [0, 0.05) is 18.0 Å². The fourth-order valence-corrected chi connectivity index (χ4v) is 5.45. The van der Waals surface area contributed by atoms with Gasteiger partial charge in [0.15, 0.2) is 0 Å². The van der Waals surface area contributed by atoms with Crippen molar-refractivity contribution >= 4 is 23.2 Å². The summed E-state index contributed by atoms with van der Waals surface area (Å²) in [5.74, 6) is -0.723. The van der Waals surface area contributed by atoms with Crippen molar-refractivity contribution in [3.63, 3.8) is 0 Å². The number of fused-ring (bicyclic) bond motifs is 1. The van der Waals surface area contributed by atoms with Crippen molar-refractivity contribution < 1.29 is 14.7 Å². The largest absolute Gasteiger partial charge is 0.481 e. The van der Waals surface area contributed by atoms with Gasteiger partial charge in [-0.2, -0.15) is 0 Å². The lowest BCUT2D eigenvalue weighted by Gasteiger charge is -2.39. The molecule has 1 aliphatic carbocycles. The summed E-state index contributed by atoms with van der Waals surface area (Å²) in [5, 5.41) is 9.89. The van der Waals surface area contributed by atoms with Crippen LogP contribution in [-0.4, -0.2) is 35.0 Å².